The number of anilines is 2. The van der Waals surface area contributed by atoms with Gasteiger partial charge in [-0.1, -0.05) is 37.3 Å². The third-order valence-electron chi connectivity index (χ3n) is 3.69. The van der Waals surface area contributed by atoms with Gasteiger partial charge in [-0.15, -0.1) is 0 Å². The minimum Gasteiger partial charge on any atom is -0.481 e. The summed E-state index contributed by atoms with van der Waals surface area (Å²) in [4.78, 5) is 13.7. The molecule has 3 rings (SSSR count). The van der Waals surface area contributed by atoms with Crippen LogP contribution >= 0.6 is 0 Å². The van der Waals surface area contributed by atoms with Crippen LogP contribution in [0.25, 0.3) is 0 Å². The highest BCUT2D eigenvalue weighted by molar-refractivity contribution is 5.98. The maximum Gasteiger partial charge on any atom is 0.265 e. The van der Waals surface area contributed by atoms with E-state index in [1.165, 1.54) is 5.56 Å². The first-order valence-corrected chi connectivity index (χ1v) is 7.63. The number of carbonyl (C=O) groups is 1. The molecule has 0 saturated heterocycles. The number of nitrogens with one attached hydrogen (secondary N) is 1. The SMILES string of the molecule is CCCN1C(=O)COc2cc(NCc3ccccc3)ccc21. The van der Waals surface area contributed by atoms with Gasteiger partial charge in [-0.2, -0.15) is 0 Å². The lowest BCUT2D eigenvalue weighted by Crippen LogP contribution is -2.39. The zero-order chi connectivity index (χ0) is 15.4. The van der Waals surface area contributed by atoms with Crippen molar-refractivity contribution >= 4 is 17.3 Å². The number of hydrogen-bond donors (Lipinski definition) is 1. The molecule has 0 saturated carbocycles. The molecule has 0 spiro atoms. The molecule has 0 bridgehead atoms. The van der Waals surface area contributed by atoms with Crippen molar-refractivity contribution in [1.82, 2.24) is 0 Å². The molecule has 4 nitrogen and oxygen atoms in total. The number of nitrogens with zero attached hydrogens (tertiary/aromatic N) is 1. The van der Waals surface area contributed by atoms with Crippen LogP contribution in [0.15, 0.2) is 48.5 Å². The van der Waals surface area contributed by atoms with Crippen LogP contribution in [0.4, 0.5) is 11.4 Å². The number of amides is 1. The van der Waals surface area contributed by atoms with Gasteiger partial charge >= 0.3 is 0 Å². The number of carbonyl (C=O) groups excluding carboxylic acids is 1. The van der Waals surface area contributed by atoms with E-state index in [-0.39, 0.29) is 12.5 Å². The average molecular weight is 296 g/mol. The Balaban J connectivity index is 1.75. The maximum absolute atomic E-state index is 11.9. The van der Waals surface area contributed by atoms with Crippen molar-refractivity contribution < 1.29 is 9.53 Å². The molecule has 1 N–H and O–H groups in total. The summed E-state index contributed by atoms with van der Waals surface area (Å²) in [5, 5.41) is 3.39. The number of ether oxygens (including phenoxy) is 1. The van der Waals surface area contributed by atoms with Gasteiger partial charge in [0.1, 0.15) is 5.75 Å². The summed E-state index contributed by atoms with van der Waals surface area (Å²) in [5.41, 5.74) is 3.08. The lowest BCUT2D eigenvalue weighted by molar-refractivity contribution is -0.121. The lowest BCUT2D eigenvalue weighted by Gasteiger charge is -2.29. The highest BCUT2D eigenvalue weighted by Crippen LogP contribution is 2.34. The van der Waals surface area contributed by atoms with E-state index in [9.17, 15) is 4.79 Å². The van der Waals surface area contributed by atoms with E-state index in [0.717, 1.165) is 36.6 Å². The Hall–Kier alpha value is -2.49. The topological polar surface area (TPSA) is 41.6 Å². The molecule has 0 unspecified atom stereocenters. The van der Waals surface area contributed by atoms with Crippen LogP contribution < -0.4 is 15.0 Å². The lowest BCUT2D eigenvalue weighted by atomic mass is 10.2. The Kier molecular flexibility index (Phi) is 4.28. The van der Waals surface area contributed by atoms with E-state index in [2.05, 4.69) is 24.4 Å². The first kappa shape index (κ1) is 14.4. The molecule has 2 aromatic rings. The molecule has 1 amide bonds. The fourth-order valence-corrected chi connectivity index (χ4v) is 2.58. The zero-order valence-electron chi connectivity index (χ0n) is 12.7. The van der Waals surface area contributed by atoms with Crippen LogP contribution in [0.1, 0.15) is 18.9 Å². The minimum absolute atomic E-state index is 0.0272. The van der Waals surface area contributed by atoms with E-state index in [1.54, 1.807) is 4.90 Å². The van der Waals surface area contributed by atoms with Gasteiger partial charge in [-0.25, -0.2) is 0 Å². The minimum atomic E-state index is 0.0272. The Morgan fingerprint density at radius 1 is 1.18 bits per heavy atom. The average Bonchev–Trinajstić information content (AvgIpc) is 2.56. The summed E-state index contributed by atoms with van der Waals surface area (Å²) in [6.07, 6.45) is 0.930. The standard InChI is InChI=1S/C18H20N2O2/c1-2-10-20-16-9-8-15(11-17(16)22-13-18(20)21)19-12-14-6-4-3-5-7-14/h3-9,11,19H,2,10,12-13H2,1H3. The number of rotatable bonds is 5. The van der Waals surface area contributed by atoms with Crippen LogP contribution in [0.5, 0.6) is 5.75 Å². The molecular formula is C18H20N2O2. The maximum atomic E-state index is 11.9. The fraction of sp³-hybridized carbons (Fsp3) is 0.278. The van der Waals surface area contributed by atoms with E-state index in [4.69, 9.17) is 4.74 Å². The molecule has 22 heavy (non-hydrogen) atoms. The highest BCUT2D eigenvalue weighted by Gasteiger charge is 2.24. The largest absolute Gasteiger partial charge is 0.481 e. The summed E-state index contributed by atoms with van der Waals surface area (Å²) < 4.78 is 5.57. The summed E-state index contributed by atoms with van der Waals surface area (Å²) >= 11 is 0. The van der Waals surface area contributed by atoms with Crippen LogP contribution in [0, 0.1) is 0 Å². The smallest absolute Gasteiger partial charge is 0.265 e. The van der Waals surface area contributed by atoms with Gasteiger partial charge in [0.15, 0.2) is 6.61 Å². The molecule has 4 heteroatoms. The van der Waals surface area contributed by atoms with Gasteiger partial charge in [0.05, 0.1) is 5.69 Å². The monoisotopic (exact) mass is 296 g/mol. The second-order valence-electron chi connectivity index (χ2n) is 5.36. The Bertz CT molecular complexity index is 655. The van der Waals surface area contributed by atoms with Gasteiger partial charge in [-0.3, -0.25) is 4.79 Å². The molecule has 114 valence electrons. The Morgan fingerprint density at radius 3 is 2.77 bits per heavy atom. The first-order chi connectivity index (χ1) is 10.8. The normalized spacial score (nSPS) is 13.5. The van der Waals surface area contributed by atoms with E-state index in [0.29, 0.717) is 0 Å². The highest BCUT2D eigenvalue weighted by atomic mass is 16.5. The summed E-state index contributed by atoms with van der Waals surface area (Å²) in [6.45, 7) is 3.68. The van der Waals surface area contributed by atoms with Crippen LogP contribution in [-0.2, 0) is 11.3 Å². The van der Waals surface area contributed by atoms with Crippen molar-refractivity contribution in [3.05, 3.63) is 54.1 Å². The van der Waals surface area contributed by atoms with E-state index in [1.807, 2.05) is 36.4 Å². The van der Waals surface area contributed by atoms with Gasteiger partial charge in [0.2, 0.25) is 0 Å². The predicted octanol–water partition coefficient (Wildman–Crippen LogP) is 3.43. The quantitative estimate of drug-likeness (QED) is 0.919. The zero-order valence-corrected chi connectivity index (χ0v) is 12.7. The van der Waals surface area contributed by atoms with Gasteiger partial charge in [-0.05, 0) is 24.1 Å². The molecule has 0 aromatic heterocycles. The third-order valence-corrected chi connectivity index (χ3v) is 3.69. The van der Waals surface area contributed by atoms with Crippen LogP contribution in [0.2, 0.25) is 0 Å². The van der Waals surface area contributed by atoms with Crippen LogP contribution in [0.3, 0.4) is 0 Å². The van der Waals surface area contributed by atoms with Crippen molar-refractivity contribution in [3.8, 4) is 5.75 Å². The van der Waals surface area contributed by atoms with Crippen molar-refractivity contribution in [2.75, 3.05) is 23.4 Å². The predicted molar refractivity (Wildman–Crippen MR) is 88.3 cm³/mol. The van der Waals surface area contributed by atoms with Gasteiger partial charge in [0.25, 0.3) is 5.91 Å². The van der Waals surface area contributed by atoms with E-state index < -0.39 is 0 Å². The van der Waals surface area contributed by atoms with Gasteiger partial charge in [0, 0.05) is 24.8 Å². The summed E-state index contributed by atoms with van der Waals surface area (Å²) in [6, 6.07) is 16.2. The second-order valence-corrected chi connectivity index (χ2v) is 5.36. The number of benzene rings is 2. The number of hydrogen-bond acceptors (Lipinski definition) is 3. The van der Waals surface area contributed by atoms with E-state index >= 15 is 0 Å². The molecule has 0 fully saturated rings. The third kappa shape index (κ3) is 3.06. The molecule has 0 aliphatic carbocycles. The molecule has 0 atom stereocenters. The summed E-state index contributed by atoms with van der Waals surface area (Å²) in [5.74, 6) is 0.797. The first-order valence-electron chi connectivity index (χ1n) is 7.63. The number of fused-ring (bicyclic) bond motifs is 1. The second kappa shape index (κ2) is 6.52. The molecule has 1 heterocycles. The van der Waals surface area contributed by atoms with Crippen LogP contribution in [-0.4, -0.2) is 19.1 Å². The van der Waals surface area contributed by atoms with Gasteiger partial charge < -0.3 is 15.0 Å². The molecule has 1 aliphatic heterocycles. The Labute approximate surface area is 130 Å². The van der Waals surface area contributed by atoms with Crippen molar-refractivity contribution in [2.24, 2.45) is 0 Å². The molecule has 2 aromatic carbocycles. The van der Waals surface area contributed by atoms with Crippen molar-refractivity contribution in [3.63, 3.8) is 0 Å². The van der Waals surface area contributed by atoms with Crippen molar-refractivity contribution in [2.45, 2.75) is 19.9 Å². The Morgan fingerprint density at radius 2 is 2.00 bits per heavy atom. The molecular weight excluding hydrogens is 276 g/mol. The van der Waals surface area contributed by atoms with Crippen molar-refractivity contribution in [1.29, 1.82) is 0 Å². The molecule has 0 radical (unpaired) electrons. The fourth-order valence-electron chi connectivity index (χ4n) is 2.58. The summed E-state index contributed by atoms with van der Waals surface area (Å²) in [7, 11) is 0. The molecule has 1 aliphatic rings.